The molecule has 3 aromatic carbocycles. The fourth-order valence-electron chi connectivity index (χ4n) is 4.48. The first-order valence-electron chi connectivity index (χ1n) is 11.6. The molecule has 178 valence electrons. The molecule has 5 rings (SSSR count). The minimum atomic E-state index is -0.313. The molecule has 0 atom stereocenters. The Morgan fingerprint density at radius 1 is 0.914 bits per heavy atom. The Morgan fingerprint density at radius 2 is 1.63 bits per heavy atom. The molecule has 0 N–H and O–H groups in total. The average molecular weight is 471 g/mol. The largest absolute Gasteiger partial charge is 0.497 e. The normalized spacial score (nSPS) is 14.6. The molecule has 3 aromatic rings. The smallest absolute Gasteiger partial charge is 0.261 e. The van der Waals surface area contributed by atoms with Crippen LogP contribution >= 0.6 is 0 Å². The number of rotatable bonds is 8. The number of hydrogen-bond donors (Lipinski definition) is 0. The van der Waals surface area contributed by atoms with Crippen molar-refractivity contribution in [2.75, 3.05) is 14.2 Å². The summed E-state index contributed by atoms with van der Waals surface area (Å²) in [6.07, 6.45) is 1.90. The molecule has 0 radical (unpaired) electrons. The molecule has 1 saturated carbocycles. The van der Waals surface area contributed by atoms with Crippen LogP contribution in [0, 0.1) is 0 Å². The Bertz CT molecular complexity index is 1280. The summed E-state index contributed by atoms with van der Waals surface area (Å²) in [6.45, 7) is 0.507. The van der Waals surface area contributed by atoms with E-state index < -0.39 is 0 Å². The van der Waals surface area contributed by atoms with Crippen molar-refractivity contribution in [3.8, 4) is 11.5 Å². The van der Waals surface area contributed by atoms with E-state index in [-0.39, 0.29) is 30.3 Å². The van der Waals surface area contributed by atoms with Crippen molar-refractivity contribution in [2.24, 2.45) is 0 Å². The van der Waals surface area contributed by atoms with Crippen molar-refractivity contribution >= 4 is 17.7 Å². The van der Waals surface area contributed by atoms with Gasteiger partial charge in [-0.25, -0.2) is 0 Å². The minimum absolute atomic E-state index is 0.0958. The predicted octanol–water partition coefficient (Wildman–Crippen LogP) is 4.30. The van der Waals surface area contributed by atoms with Gasteiger partial charge in [0.2, 0.25) is 0 Å². The number of imide groups is 1. The molecule has 2 aliphatic rings. The summed E-state index contributed by atoms with van der Waals surface area (Å²) in [5, 5.41) is 0. The van der Waals surface area contributed by atoms with Gasteiger partial charge in [-0.3, -0.25) is 19.3 Å². The van der Waals surface area contributed by atoms with Crippen LogP contribution in [0.4, 0.5) is 0 Å². The van der Waals surface area contributed by atoms with Crippen LogP contribution in [0.15, 0.2) is 66.7 Å². The topological polar surface area (TPSA) is 76.2 Å². The number of amides is 3. The average Bonchev–Trinajstić information content (AvgIpc) is 3.71. The molecule has 0 aromatic heterocycles. The molecule has 0 saturated heterocycles. The summed E-state index contributed by atoms with van der Waals surface area (Å²) < 4.78 is 10.9. The number of nitrogens with zero attached hydrogens (tertiary/aromatic N) is 2. The predicted molar refractivity (Wildman–Crippen MR) is 130 cm³/mol. The van der Waals surface area contributed by atoms with Crippen LogP contribution in [0.1, 0.15) is 55.0 Å². The van der Waals surface area contributed by atoms with Gasteiger partial charge in [0.25, 0.3) is 17.7 Å². The van der Waals surface area contributed by atoms with Gasteiger partial charge in [0.05, 0.1) is 38.4 Å². The van der Waals surface area contributed by atoms with Crippen molar-refractivity contribution in [3.63, 3.8) is 0 Å². The lowest BCUT2D eigenvalue weighted by atomic mass is 10.1. The van der Waals surface area contributed by atoms with Gasteiger partial charge in [-0.15, -0.1) is 0 Å². The quantitative estimate of drug-likeness (QED) is 0.459. The Labute approximate surface area is 203 Å². The van der Waals surface area contributed by atoms with E-state index in [1.807, 2.05) is 29.2 Å². The standard InChI is InChI=1S/C28H26N2O5/c1-34-22-12-13-25(35-2)20(15-22)17-29(21-10-11-21)26(31)19-7-5-6-18(14-19)16-30-27(32)23-8-3-4-9-24(23)28(30)33/h3-9,12-15,21H,10-11,16-17H2,1-2H3. The zero-order chi connectivity index (χ0) is 24.5. The lowest BCUT2D eigenvalue weighted by molar-refractivity contribution is 0.0642. The molecule has 1 fully saturated rings. The maximum Gasteiger partial charge on any atom is 0.261 e. The molecule has 1 aliphatic carbocycles. The SMILES string of the molecule is COc1ccc(OC)c(CN(C(=O)c2cccc(CN3C(=O)c4ccccc4C3=O)c2)C2CC2)c1. The van der Waals surface area contributed by atoms with Gasteiger partial charge in [-0.1, -0.05) is 24.3 Å². The third kappa shape index (κ3) is 4.37. The van der Waals surface area contributed by atoms with Crippen LogP contribution in [0.5, 0.6) is 11.5 Å². The number of methoxy groups -OCH3 is 2. The van der Waals surface area contributed by atoms with Crippen molar-refractivity contribution in [1.29, 1.82) is 0 Å². The Morgan fingerprint density at radius 3 is 2.26 bits per heavy atom. The van der Waals surface area contributed by atoms with Gasteiger partial charge < -0.3 is 14.4 Å². The zero-order valence-corrected chi connectivity index (χ0v) is 19.7. The second-order valence-electron chi connectivity index (χ2n) is 8.78. The van der Waals surface area contributed by atoms with Crippen LogP contribution in [-0.4, -0.2) is 47.8 Å². The van der Waals surface area contributed by atoms with Crippen LogP contribution < -0.4 is 9.47 Å². The van der Waals surface area contributed by atoms with Crippen LogP contribution in [0.2, 0.25) is 0 Å². The van der Waals surface area contributed by atoms with Crippen molar-refractivity contribution in [2.45, 2.75) is 32.0 Å². The first-order valence-corrected chi connectivity index (χ1v) is 11.6. The maximum atomic E-state index is 13.6. The van der Waals surface area contributed by atoms with E-state index in [4.69, 9.17) is 9.47 Å². The number of benzene rings is 3. The molecular formula is C28H26N2O5. The maximum absolute atomic E-state index is 13.6. The number of carbonyl (C=O) groups excluding carboxylic acids is 3. The highest BCUT2D eigenvalue weighted by atomic mass is 16.5. The van der Waals surface area contributed by atoms with E-state index in [9.17, 15) is 14.4 Å². The highest BCUT2D eigenvalue weighted by Gasteiger charge is 2.36. The molecule has 0 unspecified atom stereocenters. The summed E-state index contributed by atoms with van der Waals surface area (Å²) in [5.41, 5.74) is 2.94. The second kappa shape index (κ2) is 9.25. The molecule has 1 aliphatic heterocycles. The van der Waals surface area contributed by atoms with Gasteiger partial charge in [0.15, 0.2) is 0 Å². The Balaban J connectivity index is 1.37. The molecule has 7 nitrogen and oxygen atoms in total. The van der Waals surface area contributed by atoms with Crippen LogP contribution in [0.3, 0.4) is 0 Å². The molecule has 0 spiro atoms. The van der Waals surface area contributed by atoms with Crippen molar-refractivity contribution < 1.29 is 23.9 Å². The number of fused-ring (bicyclic) bond motifs is 1. The summed E-state index contributed by atoms with van der Waals surface area (Å²) in [7, 11) is 3.21. The Hall–Kier alpha value is -4.13. The van der Waals surface area contributed by atoms with E-state index in [1.165, 1.54) is 4.90 Å². The van der Waals surface area contributed by atoms with E-state index in [2.05, 4.69) is 0 Å². The van der Waals surface area contributed by atoms with Gasteiger partial charge >= 0.3 is 0 Å². The zero-order valence-electron chi connectivity index (χ0n) is 19.7. The molecular weight excluding hydrogens is 444 g/mol. The molecule has 3 amide bonds. The highest BCUT2D eigenvalue weighted by Crippen LogP contribution is 2.33. The van der Waals surface area contributed by atoms with Crippen molar-refractivity contribution in [3.05, 3.63) is 94.5 Å². The number of carbonyl (C=O) groups is 3. The highest BCUT2D eigenvalue weighted by molar-refractivity contribution is 6.21. The number of hydrogen-bond acceptors (Lipinski definition) is 5. The van der Waals surface area contributed by atoms with E-state index in [1.54, 1.807) is 56.7 Å². The molecule has 7 heteroatoms. The number of ether oxygens (including phenoxy) is 2. The lowest BCUT2D eigenvalue weighted by Crippen LogP contribution is -2.33. The van der Waals surface area contributed by atoms with E-state index in [0.29, 0.717) is 34.7 Å². The van der Waals surface area contributed by atoms with E-state index >= 15 is 0 Å². The fourth-order valence-corrected chi connectivity index (χ4v) is 4.48. The molecule has 1 heterocycles. The monoisotopic (exact) mass is 470 g/mol. The summed E-state index contributed by atoms with van der Waals surface area (Å²) in [4.78, 5) is 42.2. The third-order valence-electron chi connectivity index (χ3n) is 6.47. The van der Waals surface area contributed by atoms with Gasteiger partial charge in [0, 0.05) is 17.2 Å². The van der Waals surface area contributed by atoms with Gasteiger partial charge in [-0.05, 0) is 60.9 Å². The second-order valence-corrected chi connectivity index (χ2v) is 8.78. The first-order chi connectivity index (χ1) is 17.0. The lowest BCUT2D eigenvalue weighted by Gasteiger charge is -2.24. The van der Waals surface area contributed by atoms with Crippen molar-refractivity contribution in [1.82, 2.24) is 9.80 Å². The first kappa shape index (κ1) is 22.7. The van der Waals surface area contributed by atoms with Gasteiger partial charge in [-0.2, -0.15) is 0 Å². The third-order valence-corrected chi connectivity index (χ3v) is 6.47. The Kier molecular flexibility index (Phi) is 5.99. The fraction of sp³-hybridized carbons (Fsp3) is 0.250. The van der Waals surface area contributed by atoms with Crippen LogP contribution in [-0.2, 0) is 13.1 Å². The minimum Gasteiger partial charge on any atom is -0.497 e. The molecule has 35 heavy (non-hydrogen) atoms. The van der Waals surface area contributed by atoms with E-state index in [0.717, 1.165) is 24.0 Å². The molecule has 0 bridgehead atoms. The summed E-state index contributed by atoms with van der Waals surface area (Å²) >= 11 is 0. The van der Waals surface area contributed by atoms with Gasteiger partial charge in [0.1, 0.15) is 11.5 Å². The summed E-state index contributed by atoms with van der Waals surface area (Å²) in [6, 6.07) is 19.7. The summed E-state index contributed by atoms with van der Waals surface area (Å²) in [5.74, 6) is 0.677. The van der Waals surface area contributed by atoms with Crippen LogP contribution in [0.25, 0.3) is 0 Å².